The molecule has 148 valence electrons. The first-order valence-electron chi connectivity index (χ1n) is 10.4. The third-order valence-electron chi connectivity index (χ3n) is 6.96. The molecule has 3 aliphatic rings. The van der Waals surface area contributed by atoms with Gasteiger partial charge in [0.2, 0.25) is 0 Å². The van der Waals surface area contributed by atoms with Gasteiger partial charge in [0.05, 0.1) is 18.5 Å². The van der Waals surface area contributed by atoms with Crippen molar-refractivity contribution in [1.82, 2.24) is 5.32 Å². The van der Waals surface area contributed by atoms with E-state index in [0.717, 1.165) is 63.4 Å². The van der Waals surface area contributed by atoms with Gasteiger partial charge in [-0.05, 0) is 82.0 Å². The van der Waals surface area contributed by atoms with E-state index in [-0.39, 0.29) is 6.54 Å². The summed E-state index contributed by atoms with van der Waals surface area (Å²) in [7, 11) is 0. The minimum absolute atomic E-state index is 0.0830. The van der Waals surface area contributed by atoms with Crippen molar-refractivity contribution < 1.29 is 14.6 Å². The molecule has 0 aromatic heterocycles. The molecule has 0 bridgehead atoms. The summed E-state index contributed by atoms with van der Waals surface area (Å²) in [6.07, 6.45) is 11.7. The first-order chi connectivity index (χ1) is 12.5. The summed E-state index contributed by atoms with van der Waals surface area (Å²) in [6, 6.07) is 0.376. The topological polar surface area (TPSA) is 108 Å². The molecule has 0 saturated heterocycles. The Bertz CT molecular complexity index is 491. The van der Waals surface area contributed by atoms with E-state index in [4.69, 9.17) is 21.0 Å². The van der Waals surface area contributed by atoms with Gasteiger partial charge in [0.1, 0.15) is 0 Å². The van der Waals surface area contributed by atoms with E-state index in [9.17, 15) is 4.79 Å². The maximum atomic E-state index is 10.7. The molecule has 3 saturated carbocycles. The fourth-order valence-electron chi connectivity index (χ4n) is 5.33. The van der Waals surface area contributed by atoms with Gasteiger partial charge in [-0.25, -0.2) is 0 Å². The number of aliphatic carboxylic acids is 1. The van der Waals surface area contributed by atoms with Gasteiger partial charge in [-0.1, -0.05) is 0 Å². The smallest absolute Gasteiger partial charge is 0.317 e. The first kappa shape index (κ1) is 19.6. The number of ether oxygens (including phenoxy) is 1. The SMILES string of the molecule is N=C(N)C1CCC(COC2CCC3CC(NCC(=O)O)CCC3C2)CC1. The first-order valence-corrected chi connectivity index (χ1v) is 10.4. The van der Waals surface area contributed by atoms with Crippen LogP contribution in [-0.2, 0) is 9.53 Å². The van der Waals surface area contributed by atoms with Gasteiger partial charge in [0.15, 0.2) is 0 Å². The number of fused-ring (bicyclic) bond motifs is 1. The molecule has 6 nitrogen and oxygen atoms in total. The Labute approximate surface area is 156 Å². The van der Waals surface area contributed by atoms with E-state index in [0.29, 0.717) is 29.8 Å². The number of rotatable bonds is 7. The van der Waals surface area contributed by atoms with E-state index in [2.05, 4.69) is 5.32 Å². The fraction of sp³-hybridized carbons (Fsp3) is 0.900. The average molecular weight is 366 g/mol. The van der Waals surface area contributed by atoms with Crippen molar-refractivity contribution in [2.75, 3.05) is 13.2 Å². The van der Waals surface area contributed by atoms with E-state index in [1.807, 2.05) is 0 Å². The van der Waals surface area contributed by atoms with Crippen LogP contribution in [0.5, 0.6) is 0 Å². The number of hydrogen-bond acceptors (Lipinski definition) is 4. The molecule has 26 heavy (non-hydrogen) atoms. The van der Waals surface area contributed by atoms with Crippen molar-refractivity contribution in [3.05, 3.63) is 0 Å². The largest absolute Gasteiger partial charge is 0.480 e. The Morgan fingerprint density at radius 1 is 1.04 bits per heavy atom. The Morgan fingerprint density at radius 3 is 2.42 bits per heavy atom. The lowest BCUT2D eigenvalue weighted by molar-refractivity contribution is -0.136. The highest BCUT2D eigenvalue weighted by atomic mass is 16.5. The minimum atomic E-state index is -0.762. The second-order valence-corrected chi connectivity index (χ2v) is 8.75. The third-order valence-corrected chi connectivity index (χ3v) is 6.96. The van der Waals surface area contributed by atoms with Crippen LogP contribution in [0.2, 0.25) is 0 Å². The monoisotopic (exact) mass is 365 g/mol. The predicted molar refractivity (Wildman–Crippen MR) is 101 cm³/mol. The van der Waals surface area contributed by atoms with Crippen molar-refractivity contribution in [2.45, 2.75) is 76.4 Å². The van der Waals surface area contributed by atoms with Crippen LogP contribution in [0.15, 0.2) is 0 Å². The van der Waals surface area contributed by atoms with Gasteiger partial charge in [0.25, 0.3) is 0 Å². The molecule has 0 aliphatic heterocycles. The summed E-state index contributed by atoms with van der Waals surface area (Å²) in [5.41, 5.74) is 5.63. The zero-order valence-electron chi connectivity index (χ0n) is 15.8. The molecule has 0 heterocycles. The third kappa shape index (κ3) is 5.43. The van der Waals surface area contributed by atoms with Crippen LogP contribution in [0.3, 0.4) is 0 Å². The normalized spacial score (nSPS) is 37.7. The van der Waals surface area contributed by atoms with Crippen molar-refractivity contribution >= 4 is 11.8 Å². The number of nitrogens with one attached hydrogen (secondary N) is 2. The van der Waals surface area contributed by atoms with E-state index in [1.165, 1.54) is 19.3 Å². The molecular formula is C20H35N3O3. The standard InChI is InChI=1S/C20H35N3O3/c21-20(22)14-3-1-13(2-4-14)12-26-18-8-6-15-9-17(23-11-19(24)25)7-5-16(15)10-18/h13-18,23H,1-12H2,(H3,21,22)(H,24,25). The summed E-state index contributed by atoms with van der Waals surface area (Å²) in [6.45, 7) is 0.954. The molecule has 5 N–H and O–H groups in total. The zero-order valence-corrected chi connectivity index (χ0v) is 15.8. The van der Waals surface area contributed by atoms with E-state index < -0.39 is 5.97 Å². The van der Waals surface area contributed by atoms with E-state index >= 15 is 0 Å². The van der Waals surface area contributed by atoms with Gasteiger partial charge in [-0.15, -0.1) is 0 Å². The van der Waals surface area contributed by atoms with Crippen LogP contribution in [-0.4, -0.2) is 42.2 Å². The van der Waals surface area contributed by atoms with E-state index in [1.54, 1.807) is 0 Å². The molecule has 3 rings (SSSR count). The molecule has 4 unspecified atom stereocenters. The number of nitrogens with two attached hydrogens (primary N) is 1. The number of hydrogen-bond donors (Lipinski definition) is 4. The molecule has 0 aromatic carbocycles. The molecule has 3 aliphatic carbocycles. The molecular weight excluding hydrogens is 330 g/mol. The summed E-state index contributed by atoms with van der Waals surface area (Å²) >= 11 is 0. The molecule has 6 heteroatoms. The maximum absolute atomic E-state index is 10.7. The van der Waals surface area contributed by atoms with Crippen molar-refractivity contribution in [3.63, 3.8) is 0 Å². The van der Waals surface area contributed by atoms with Crippen LogP contribution in [0.1, 0.15) is 64.2 Å². The van der Waals surface area contributed by atoms with Gasteiger partial charge in [-0.2, -0.15) is 0 Å². The summed E-state index contributed by atoms with van der Waals surface area (Å²) < 4.78 is 6.29. The van der Waals surface area contributed by atoms with Crippen LogP contribution in [0.4, 0.5) is 0 Å². The number of amidine groups is 1. The predicted octanol–water partition coefficient (Wildman–Crippen LogP) is 2.76. The molecule has 0 aromatic rings. The fourth-order valence-corrected chi connectivity index (χ4v) is 5.33. The Kier molecular flexibility index (Phi) is 6.92. The van der Waals surface area contributed by atoms with Crippen LogP contribution in [0, 0.1) is 29.1 Å². The Balaban J connectivity index is 1.35. The Morgan fingerprint density at radius 2 is 1.73 bits per heavy atom. The van der Waals surface area contributed by atoms with Gasteiger partial charge < -0.3 is 20.9 Å². The highest BCUT2D eigenvalue weighted by Gasteiger charge is 2.36. The minimum Gasteiger partial charge on any atom is -0.480 e. The summed E-state index contributed by atoms with van der Waals surface area (Å²) in [5, 5.41) is 19.6. The molecule has 0 radical (unpaired) electrons. The number of carboxylic acids is 1. The summed E-state index contributed by atoms with van der Waals surface area (Å²) in [5.74, 6) is 2.02. The van der Waals surface area contributed by atoms with Gasteiger partial charge >= 0.3 is 5.97 Å². The Hall–Kier alpha value is -1.14. The second-order valence-electron chi connectivity index (χ2n) is 8.75. The van der Waals surface area contributed by atoms with Gasteiger partial charge in [0, 0.05) is 18.6 Å². The van der Waals surface area contributed by atoms with Crippen molar-refractivity contribution in [2.24, 2.45) is 29.4 Å². The lowest BCUT2D eigenvalue weighted by Gasteiger charge is -2.42. The number of carbonyl (C=O) groups is 1. The van der Waals surface area contributed by atoms with Crippen LogP contribution in [0.25, 0.3) is 0 Å². The average Bonchev–Trinajstić information content (AvgIpc) is 2.64. The highest BCUT2D eigenvalue weighted by Crippen LogP contribution is 2.41. The zero-order chi connectivity index (χ0) is 18.5. The lowest BCUT2D eigenvalue weighted by atomic mass is 9.68. The highest BCUT2D eigenvalue weighted by molar-refractivity contribution is 5.79. The van der Waals surface area contributed by atoms with Crippen molar-refractivity contribution in [1.29, 1.82) is 5.41 Å². The van der Waals surface area contributed by atoms with Gasteiger partial charge in [-0.3, -0.25) is 10.2 Å². The van der Waals surface area contributed by atoms with Crippen LogP contribution < -0.4 is 11.1 Å². The van der Waals surface area contributed by atoms with Crippen LogP contribution >= 0.6 is 0 Å². The quantitative estimate of drug-likeness (QED) is 0.410. The molecule has 0 amide bonds. The number of carboxylic acid groups (broad SMARTS) is 1. The second kappa shape index (κ2) is 9.18. The van der Waals surface area contributed by atoms with Crippen molar-refractivity contribution in [3.8, 4) is 0 Å². The molecule has 4 atom stereocenters. The molecule has 0 spiro atoms. The molecule has 3 fully saturated rings. The summed E-state index contributed by atoms with van der Waals surface area (Å²) in [4.78, 5) is 10.7. The maximum Gasteiger partial charge on any atom is 0.317 e. The lowest BCUT2D eigenvalue weighted by Crippen LogP contribution is -2.42.